The minimum atomic E-state index is -4.58. The maximum absolute atomic E-state index is 13.4. The van der Waals surface area contributed by atoms with E-state index in [1.807, 2.05) is 50.2 Å². The number of rotatable bonds is 13. The Kier molecular flexibility index (Phi) is 10.5. The van der Waals surface area contributed by atoms with Crippen LogP contribution in [0.2, 0.25) is 0 Å². The molecule has 0 aliphatic heterocycles. The molecule has 1 amide bonds. The van der Waals surface area contributed by atoms with Crippen LogP contribution in [-0.2, 0) is 27.0 Å². The number of aliphatic carboxylic acids is 1. The van der Waals surface area contributed by atoms with Gasteiger partial charge in [-0.2, -0.15) is 0 Å². The van der Waals surface area contributed by atoms with E-state index in [0.29, 0.717) is 12.8 Å². The molecule has 0 saturated heterocycles. The van der Waals surface area contributed by atoms with E-state index in [1.54, 1.807) is 24.3 Å². The van der Waals surface area contributed by atoms with E-state index >= 15 is 0 Å². The molecule has 2 aromatic carbocycles. The van der Waals surface area contributed by atoms with Gasteiger partial charge in [-0.15, -0.1) is 0 Å². The Hall–Kier alpha value is -2.51. The van der Waals surface area contributed by atoms with Gasteiger partial charge in [0.1, 0.15) is 11.8 Å². The van der Waals surface area contributed by atoms with Gasteiger partial charge in [0.15, 0.2) is 0 Å². The van der Waals surface area contributed by atoms with Gasteiger partial charge < -0.3 is 19.8 Å². The summed E-state index contributed by atoms with van der Waals surface area (Å²) < 4.78 is 12.3. The third kappa shape index (κ3) is 8.69. The number of aryl methyl sites for hydroxylation is 1. The van der Waals surface area contributed by atoms with Gasteiger partial charge in [-0.25, -0.2) is 4.79 Å². The average Bonchev–Trinajstić information content (AvgIpc) is 2.78. The Morgan fingerprint density at radius 2 is 1.50 bits per heavy atom. The SMILES string of the molecule is CC(C)C[C@H](NC(CCc1ccccc1)P(=O)(O)O)C(=O)N(C)[C@@H](Cc1ccccc1)C(=O)O. The number of hydrogen-bond acceptors (Lipinski definition) is 4. The number of likely N-dealkylation sites (N-methyl/N-ethyl adjacent to an activating group) is 1. The van der Waals surface area contributed by atoms with E-state index in [-0.39, 0.29) is 18.8 Å². The molecule has 186 valence electrons. The molecule has 0 heterocycles. The summed E-state index contributed by atoms with van der Waals surface area (Å²) in [6.45, 7) is 3.80. The molecule has 4 N–H and O–H groups in total. The summed E-state index contributed by atoms with van der Waals surface area (Å²) in [6, 6.07) is 16.3. The fraction of sp³-hybridized carbons (Fsp3) is 0.440. The normalized spacial score (nSPS) is 14.4. The van der Waals surface area contributed by atoms with E-state index in [2.05, 4.69) is 5.32 Å². The van der Waals surface area contributed by atoms with Crippen molar-refractivity contribution in [3.8, 4) is 0 Å². The van der Waals surface area contributed by atoms with Crippen LogP contribution in [0.15, 0.2) is 60.7 Å². The van der Waals surface area contributed by atoms with E-state index in [0.717, 1.165) is 11.1 Å². The van der Waals surface area contributed by atoms with Crippen LogP contribution in [0, 0.1) is 5.92 Å². The van der Waals surface area contributed by atoms with Gasteiger partial charge in [0.2, 0.25) is 5.91 Å². The zero-order chi connectivity index (χ0) is 25.3. The number of carboxylic acid groups (broad SMARTS) is 1. The first-order valence-electron chi connectivity index (χ1n) is 11.4. The minimum absolute atomic E-state index is 0.0406. The summed E-state index contributed by atoms with van der Waals surface area (Å²) in [5.41, 5.74) is 1.71. The van der Waals surface area contributed by atoms with Crippen molar-refractivity contribution in [1.29, 1.82) is 0 Å². The van der Waals surface area contributed by atoms with Crippen LogP contribution in [0.25, 0.3) is 0 Å². The van der Waals surface area contributed by atoms with Crippen molar-refractivity contribution in [3.63, 3.8) is 0 Å². The van der Waals surface area contributed by atoms with Gasteiger partial charge in [0.25, 0.3) is 0 Å². The predicted molar refractivity (Wildman–Crippen MR) is 131 cm³/mol. The van der Waals surface area contributed by atoms with E-state index in [4.69, 9.17) is 0 Å². The number of benzene rings is 2. The zero-order valence-corrected chi connectivity index (χ0v) is 20.8. The monoisotopic (exact) mass is 490 g/mol. The molecule has 2 aromatic rings. The van der Waals surface area contributed by atoms with Crippen LogP contribution in [0.1, 0.15) is 37.8 Å². The number of carbonyl (C=O) groups is 2. The molecule has 0 fully saturated rings. The molecule has 0 aromatic heterocycles. The highest BCUT2D eigenvalue weighted by molar-refractivity contribution is 7.52. The highest BCUT2D eigenvalue weighted by Crippen LogP contribution is 2.42. The van der Waals surface area contributed by atoms with Gasteiger partial charge in [0, 0.05) is 13.5 Å². The lowest BCUT2D eigenvalue weighted by atomic mass is 10.00. The Balaban J connectivity index is 2.22. The summed E-state index contributed by atoms with van der Waals surface area (Å²) >= 11 is 0. The summed E-state index contributed by atoms with van der Waals surface area (Å²) in [7, 11) is -3.15. The van der Waals surface area contributed by atoms with Crippen molar-refractivity contribution >= 4 is 19.5 Å². The lowest BCUT2D eigenvalue weighted by Gasteiger charge is -2.32. The molecular weight excluding hydrogens is 455 g/mol. The van der Waals surface area contributed by atoms with E-state index < -0.39 is 37.3 Å². The minimum Gasteiger partial charge on any atom is -0.480 e. The molecule has 9 heteroatoms. The second-order valence-electron chi connectivity index (χ2n) is 8.97. The smallest absolute Gasteiger partial charge is 0.342 e. The molecule has 8 nitrogen and oxygen atoms in total. The maximum Gasteiger partial charge on any atom is 0.342 e. The Labute approximate surface area is 201 Å². The van der Waals surface area contributed by atoms with Crippen LogP contribution in [0.5, 0.6) is 0 Å². The molecule has 0 aliphatic rings. The van der Waals surface area contributed by atoms with E-state index in [9.17, 15) is 29.0 Å². The maximum atomic E-state index is 13.4. The first-order chi connectivity index (χ1) is 16.0. The number of carbonyl (C=O) groups excluding carboxylic acids is 1. The van der Waals surface area contributed by atoms with E-state index in [1.165, 1.54) is 11.9 Å². The second kappa shape index (κ2) is 12.8. The van der Waals surface area contributed by atoms with Crippen LogP contribution >= 0.6 is 7.60 Å². The highest BCUT2D eigenvalue weighted by atomic mass is 31.2. The third-order valence-electron chi connectivity index (χ3n) is 5.73. The highest BCUT2D eigenvalue weighted by Gasteiger charge is 2.36. The van der Waals surface area contributed by atoms with Gasteiger partial charge in [-0.05, 0) is 36.3 Å². The lowest BCUT2D eigenvalue weighted by molar-refractivity contribution is -0.150. The predicted octanol–water partition coefficient (Wildman–Crippen LogP) is 3.28. The number of hydrogen-bond donors (Lipinski definition) is 4. The topological polar surface area (TPSA) is 127 Å². The Morgan fingerprint density at radius 1 is 0.971 bits per heavy atom. The summed E-state index contributed by atoms with van der Waals surface area (Å²) in [5.74, 6) is -2.83. The molecule has 0 spiro atoms. The van der Waals surface area contributed by atoms with Crippen LogP contribution in [0.4, 0.5) is 0 Å². The number of carboxylic acids is 1. The standard InChI is InChI=1S/C25H35N2O6P/c1-18(2)16-21(26-23(34(31,32)33)15-14-19-10-6-4-7-11-19)24(28)27(3)22(25(29)30)17-20-12-8-5-9-13-20/h4-13,18,21-23,26H,14-17H2,1-3H3,(H,29,30)(H2,31,32,33)/t21-,22-,23?/m0/s1. The van der Waals surface area contributed by atoms with Crippen LogP contribution in [0.3, 0.4) is 0 Å². The summed E-state index contributed by atoms with van der Waals surface area (Å²) in [4.78, 5) is 46.5. The first kappa shape index (κ1) is 27.7. The molecule has 0 bridgehead atoms. The zero-order valence-electron chi connectivity index (χ0n) is 19.9. The van der Waals surface area contributed by atoms with Gasteiger partial charge in [0.05, 0.1) is 6.04 Å². The molecular formula is C25H35N2O6P. The lowest BCUT2D eigenvalue weighted by Crippen LogP contribution is -2.54. The number of nitrogens with one attached hydrogen (secondary N) is 1. The quantitative estimate of drug-likeness (QED) is 0.317. The van der Waals surface area contributed by atoms with Crippen molar-refractivity contribution < 1.29 is 29.0 Å². The van der Waals surface area contributed by atoms with Crippen molar-refractivity contribution in [2.75, 3.05) is 7.05 Å². The van der Waals surface area contributed by atoms with Crippen LogP contribution < -0.4 is 5.32 Å². The largest absolute Gasteiger partial charge is 0.480 e. The van der Waals surface area contributed by atoms with Crippen LogP contribution in [-0.4, -0.2) is 56.6 Å². The van der Waals surface area contributed by atoms with Crippen molar-refractivity contribution in [1.82, 2.24) is 10.2 Å². The van der Waals surface area contributed by atoms with Gasteiger partial charge in [-0.3, -0.25) is 14.7 Å². The third-order valence-corrected chi connectivity index (χ3v) is 6.95. The fourth-order valence-corrected chi connectivity index (χ4v) is 4.71. The molecule has 3 atom stereocenters. The number of nitrogens with zero attached hydrogens (tertiary/aromatic N) is 1. The summed E-state index contributed by atoms with van der Waals surface area (Å²) in [5, 5.41) is 12.7. The van der Waals surface area contributed by atoms with Crippen molar-refractivity contribution in [2.45, 2.75) is 57.4 Å². The second-order valence-corrected chi connectivity index (χ2v) is 10.8. The average molecular weight is 491 g/mol. The molecule has 0 radical (unpaired) electrons. The summed E-state index contributed by atoms with van der Waals surface area (Å²) in [6.07, 6.45) is 0.992. The molecule has 1 unspecified atom stereocenters. The first-order valence-corrected chi connectivity index (χ1v) is 13.1. The van der Waals surface area contributed by atoms with Gasteiger partial charge in [-0.1, -0.05) is 74.5 Å². The van der Waals surface area contributed by atoms with Gasteiger partial charge >= 0.3 is 13.6 Å². The van der Waals surface area contributed by atoms with Crippen molar-refractivity contribution in [3.05, 3.63) is 71.8 Å². The number of amides is 1. The molecule has 34 heavy (non-hydrogen) atoms. The van der Waals surface area contributed by atoms with Crippen molar-refractivity contribution in [2.24, 2.45) is 5.92 Å². The molecule has 2 rings (SSSR count). The fourth-order valence-electron chi connectivity index (χ4n) is 3.87. The molecule has 0 saturated carbocycles. The Morgan fingerprint density at radius 3 is 1.97 bits per heavy atom. The Bertz CT molecular complexity index is 964. The molecule has 0 aliphatic carbocycles.